The van der Waals surface area contributed by atoms with Crippen LogP contribution >= 0.6 is 11.6 Å². The van der Waals surface area contributed by atoms with Crippen LogP contribution in [0.5, 0.6) is 0 Å². The van der Waals surface area contributed by atoms with E-state index in [2.05, 4.69) is 6.58 Å². The second-order valence-electron chi connectivity index (χ2n) is 2.01. The minimum absolute atomic E-state index is 0.0176. The van der Waals surface area contributed by atoms with Crippen molar-refractivity contribution in [1.82, 2.24) is 0 Å². The lowest BCUT2D eigenvalue weighted by molar-refractivity contribution is -0.121. The van der Waals surface area contributed by atoms with E-state index in [4.69, 9.17) is 17.0 Å². The normalized spacial score (nSPS) is 11.3. The summed E-state index contributed by atoms with van der Waals surface area (Å²) in [7, 11) is 0. The summed E-state index contributed by atoms with van der Waals surface area (Å²) in [5, 5.41) is 6.85. The summed E-state index contributed by atoms with van der Waals surface area (Å²) >= 11 is 5.17. The molecule has 0 aliphatic heterocycles. The van der Waals surface area contributed by atoms with E-state index in [-0.39, 0.29) is 11.5 Å². The highest BCUT2D eigenvalue weighted by molar-refractivity contribution is 6.23. The highest BCUT2D eigenvalue weighted by atomic mass is 35.5. The Hall–Kier alpha value is -0.510. The second kappa shape index (κ2) is 3.76. The molecule has 0 radical (unpaired) electrons. The molecule has 0 spiro atoms. The van der Waals surface area contributed by atoms with Gasteiger partial charge in [-0.3, -0.25) is 0 Å². The van der Waals surface area contributed by atoms with Gasteiger partial charge in [-0.05, 0) is 5.57 Å². The minimum Gasteiger partial charge on any atom is -0.305 e. The van der Waals surface area contributed by atoms with Gasteiger partial charge >= 0.3 is 6.18 Å². The number of halogens is 4. The summed E-state index contributed by atoms with van der Waals surface area (Å²) in [5.41, 5.74) is -0.531. The van der Waals surface area contributed by atoms with Gasteiger partial charge in [-0.25, -0.2) is 0 Å². The van der Waals surface area contributed by atoms with Crippen LogP contribution in [0.4, 0.5) is 13.2 Å². The lowest BCUT2D eigenvalue weighted by Crippen LogP contribution is -2.15. The number of rotatable bonds is 3. The Bertz CT molecular complexity index is 173. The van der Waals surface area contributed by atoms with Crippen molar-refractivity contribution < 1.29 is 13.2 Å². The van der Waals surface area contributed by atoms with Crippen LogP contribution in [0.3, 0.4) is 0 Å². The Balaban J connectivity index is 3.99. The third kappa shape index (κ3) is 4.84. The Morgan fingerprint density at radius 3 is 2.18 bits per heavy atom. The van der Waals surface area contributed by atoms with Crippen molar-refractivity contribution in [3.63, 3.8) is 0 Å². The first-order valence-electron chi connectivity index (χ1n) is 2.75. The maximum atomic E-state index is 11.6. The molecule has 0 aromatic rings. The first kappa shape index (κ1) is 10.5. The fourth-order valence-electron chi connectivity index (χ4n) is 0.406. The van der Waals surface area contributed by atoms with E-state index in [0.29, 0.717) is 0 Å². The maximum absolute atomic E-state index is 11.6. The largest absolute Gasteiger partial charge is 0.394 e. The van der Waals surface area contributed by atoms with Crippen LogP contribution < -0.4 is 0 Å². The molecule has 0 rings (SSSR count). The van der Waals surface area contributed by atoms with Gasteiger partial charge in [0.2, 0.25) is 0 Å². The first-order chi connectivity index (χ1) is 4.87. The van der Waals surface area contributed by atoms with Crippen molar-refractivity contribution in [2.24, 2.45) is 0 Å². The topological polar surface area (TPSA) is 23.9 Å². The number of hydrogen-bond donors (Lipinski definition) is 1. The Labute approximate surface area is 67.4 Å². The Morgan fingerprint density at radius 1 is 1.45 bits per heavy atom. The van der Waals surface area contributed by atoms with Crippen LogP contribution in [0.1, 0.15) is 6.42 Å². The lowest BCUT2D eigenvalue weighted by Gasteiger charge is -2.07. The summed E-state index contributed by atoms with van der Waals surface area (Å²) in [6.45, 7) is 3.20. The molecule has 11 heavy (non-hydrogen) atoms. The SMILES string of the molecule is C=C(CCl)C(=N)CC(F)(F)F. The zero-order chi connectivity index (χ0) is 9.07. The number of hydrogen-bond acceptors (Lipinski definition) is 1. The third-order valence-corrected chi connectivity index (χ3v) is 1.29. The molecule has 0 aromatic carbocycles. The molecule has 0 amide bonds. The van der Waals surface area contributed by atoms with Crippen molar-refractivity contribution in [2.45, 2.75) is 12.6 Å². The van der Waals surface area contributed by atoms with E-state index in [1.54, 1.807) is 0 Å². The lowest BCUT2D eigenvalue weighted by atomic mass is 10.1. The predicted molar refractivity (Wildman–Crippen MR) is 38.3 cm³/mol. The summed E-state index contributed by atoms with van der Waals surface area (Å²) in [5.74, 6) is -0.130. The Morgan fingerprint density at radius 2 is 1.91 bits per heavy atom. The molecule has 0 bridgehead atoms. The summed E-state index contributed by atoms with van der Waals surface area (Å²) in [6.07, 6.45) is -5.59. The van der Waals surface area contributed by atoms with Crippen molar-refractivity contribution in [3.8, 4) is 0 Å². The average Bonchev–Trinajstić information content (AvgIpc) is 1.82. The second-order valence-corrected chi connectivity index (χ2v) is 2.27. The van der Waals surface area contributed by atoms with Crippen molar-refractivity contribution in [2.75, 3.05) is 5.88 Å². The number of nitrogens with one attached hydrogen (secondary N) is 1. The van der Waals surface area contributed by atoms with Gasteiger partial charge in [0.1, 0.15) is 0 Å². The highest BCUT2D eigenvalue weighted by Crippen LogP contribution is 2.21. The summed E-state index contributed by atoms with van der Waals surface area (Å²) in [4.78, 5) is 0. The Kier molecular flexibility index (Phi) is 3.58. The van der Waals surface area contributed by atoms with Gasteiger partial charge in [-0.15, -0.1) is 11.6 Å². The molecule has 0 saturated carbocycles. The molecule has 5 heteroatoms. The summed E-state index contributed by atoms with van der Waals surface area (Å²) < 4.78 is 34.7. The molecule has 64 valence electrons. The van der Waals surface area contributed by atoms with Crippen LogP contribution in [-0.2, 0) is 0 Å². The van der Waals surface area contributed by atoms with Crippen molar-refractivity contribution >= 4 is 17.3 Å². The zero-order valence-electron chi connectivity index (χ0n) is 5.63. The molecule has 0 heterocycles. The average molecular weight is 186 g/mol. The molecule has 0 fully saturated rings. The molecule has 0 aliphatic carbocycles. The molecule has 1 N–H and O–H groups in total. The zero-order valence-corrected chi connectivity index (χ0v) is 6.39. The smallest absolute Gasteiger partial charge is 0.305 e. The number of allylic oxidation sites excluding steroid dienone is 1. The maximum Gasteiger partial charge on any atom is 0.394 e. The van der Waals surface area contributed by atoms with E-state index in [1.165, 1.54) is 0 Å². The van der Waals surface area contributed by atoms with Gasteiger partial charge in [0.15, 0.2) is 0 Å². The van der Waals surface area contributed by atoms with Gasteiger partial charge in [-0.2, -0.15) is 13.2 Å². The number of alkyl halides is 4. The van der Waals surface area contributed by atoms with Crippen molar-refractivity contribution in [3.05, 3.63) is 12.2 Å². The highest BCUT2D eigenvalue weighted by Gasteiger charge is 2.29. The monoisotopic (exact) mass is 185 g/mol. The molecule has 0 atom stereocenters. The quantitative estimate of drug-likeness (QED) is 0.517. The van der Waals surface area contributed by atoms with E-state index in [9.17, 15) is 13.2 Å². The van der Waals surface area contributed by atoms with Crippen LogP contribution in [0.2, 0.25) is 0 Å². The van der Waals surface area contributed by atoms with E-state index < -0.39 is 18.3 Å². The molecular formula is C6H7ClF3N. The van der Waals surface area contributed by atoms with Crippen molar-refractivity contribution in [1.29, 1.82) is 5.41 Å². The molecule has 1 nitrogen and oxygen atoms in total. The fraction of sp³-hybridized carbons (Fsp3) is 0.500. The van der Waals surface area contributed by atoms with Crippen LogP contribution in [0.25, 0.3) is 0 Å². The minimum atomic E-state index is -4.34. The van der Waals surface area contributed by atoms with Crippen LogP contribution in [-0.4, -0.2) is 17.8 Å². The van der Waals surface area contributed by atoms with Gasteiger partial charge < -0.3 is 5.41 Å². The van der Waals surface area contributed by atoms with Crippen LogP contribution in [0, 0.1) is 5.41 Å². The van der Waals surface area contributed by atoms with E-state index in [0.717, 1.165) is 0 Å². The molecule has 0 aliphatic rings. The summed E-state index contributed by atoms with van der Waals surface area (Å²) in [6, 6.07) is 0. The molecular weight excluding hydrogens is 179 g/mol. The predicted octanol–water partition coefficient (Wildman–Crippen LogP) is 2.75. The fourth-order valence-corrected chi connectivity index (χ4v) is 0.567. The standard InChI is InChI=1S/C6H7ClF3N/c1-4(3-7)5(11)2-6(8,9)10/h11H,1-3H2. The molecule has 0 saturated heterocycles. The molecule has 0 unspecified atom stereocenters. The molecule has 0 aromatic heterocycles. The van der Waals surface area contributed by atoms with E-state index >= 15 is 0 Å². The van der Waals surface area contributed by atoms with Gasteiger partial charge in [0.25, 0.3) is 0 Å². The first-order valence-corrected chi connectivity index (χ1v) is 3.28. The van der Waals surface area contributed by atoms with Crippen LogP contribution in [0.15, 0.2) is 12.2 Å². The van der Waals surface area contributed by atoms with Gasteiger partial charge in [0.05, 0.1) is 6.42 Å². The van der Waals surface area contributed by atoms with Gasteiger partial charge in [0, 0.05) is 11.6 Å². The third-order valence-electron chi connectivity index (χ3n) is 0.965. The van der Waals surface area contributed by atoms with E-state index in [1.807, 2.05) is 0 Å². The van der Waals surface area contributed by atoms with Gasteiger partial charge in [-0.1, -0.05) is 6.58 Å².